The van der Waals surface area contributed by atoms with Crippen LogP contribution in [-0.2, 0) is 0 Å². The first-order valence-electron chi connectivity index (χ1n) is 3.67. The summed E-state index contributed by atoms with van der Waals surface area (Å²) in [7, 11) is 0. The molecule has 0 amide bonds. The number of rotatable bonds is 1. The molecule has 3 N–H and O–H groups in total. The molecule has 0 spiro atoms. The van der Waals surface area contributed by atoms with Crippen molar-refractivity contribution in [2.24, 2.45) is 0 Å². The lowest BCUT2D eigenvalue weighted by molar-refractivity contribution is 0.0696. The fourth-order valence-corrected chi connectivity index (χ4v) is 1.16. The highest BCUT2D eigenvalue weighted by atomic mass is 16.4. The SMILES string of the molecule is O=C(O)c1cc(O)c2[nH]c(=O)oc2c1. The second-order valence-corrected chi connectivity index (χ2v) is 2.69. The van der Waals surface area contributed by atoms with Gasteiger partial charge in [-0.25, -0.2) is 9.59 Å². The van der Waals surface area contributed by atoms with E-state index in [4.69, 9.17) is 5.11 Å². The van der Waals surface area contributed by atoms with Gasteiger partial charge >= 0.3 is 11.7 Å². The number of phenolic OH excluding ortho intramolecular Hbond substituents is 1. The largest absolute Gasteiger partial charge is 0.506 e. The fourth-order valence-electron chi connectivity index (χ4n) is 1.16. The third-order valence-corrected chi connectivity index (χ3v) is 1.76. The number of oxazole rings is 1. The number of hydrogen-bond acceptors (Lipinski definition) is 4. The first-order valence-corrected chi connectivity index (χ1v) is 3.67. The van der Waals surface area contributed by atoms with Crippen LogP contribution in [0, 0.1) is 0 Å². The molecule has 6 heteroatoms. The highest BCUT2D eigenvalue weighted by Crippen LogP contribution is 2.23. The smallest absolute Gasteiger partial charge is 0.417 e. The Hall–Kier alpha value is -2.24. The van der Waals surface area contributed by atoms with Crippen LogP contribution in [0.5, 0.6) is 5.75 Å². The Balaban J connectivity index is 2.84. The Labute approximate surface area is 76.4 Å². The lowest BCUT2D eigenvalue weighted by atomic mass is 10.2. The molecule has 0 bridgehead atoms. The lowest BCUT2D eigenvalue weighted by Crippen LogP contribution is -1.95. The summed E-state index contributed by atoms with van der Waals surface area (Å²) in [5.41, 5.74) is -0.0230. The molecule has 1 heterocycles. The average Bonchev–Trinajstić information content (AvgIpc) is 2.45. The van der Waals surface area contributed by atoms with E-state index in [0.29, 0.717) is 0 Å². The number of aromatic hydroxyl groups is 1. The number of nitrogens with one attached hydrogen (secondary N) is 1. The van der Waals surface area contributed by atoms with Crippen molar-refractivity contribution in [3.8, 4) is 5.75 Å². The van der Waals surface area contributed by atoms with Gasteiger partial charge in [-0.15, -0.1) is 0 Å². The summed E-state index contributed by atoms with van der Waals surface area (Å²) in [5, 5.41) is 18.0. The van der Waals surface area contributed by atoms with Crippen molar-refractivity contribution in [2.75, 3.05) is 0 Å². The van der Waals surface area contributed by atoms with Gasteiger partial charge in [-0.3, -0.25) is 4.98 Å². The van der Waals surface area contributed by atoms with Gasteiger partial charge in [0.05, 0.1) is 5.56 Å². The molecule has 14 heavy (non-hydrogen) atoms. The topological polar surface area (TPSA) is 104 Å². The van der Waals surface area contributed by atoms with Crippen molar-refractivity contribution in [3.63, 3.8) is 0 Å². The number of carbonyl (C=O) groups is 1. The Morgan fingerprint density at radius 2 is 2.14 bits per heavy atom. The van der Waals surface area contributed by atoms with Crippen LogP contribution < -0.4 is 5.76 Å². The molecule has 0 aliphatic heterocycles. The lowest BCUT2D eigenvalue weighted by Gasteiger charge is -1.95. The third-order valence-electron chi connectivity index (χ3n) is 1.76. The maximum Gasteiger partial charge on any atom is 0.417 e. The number of aromatic amines is 1. The van der Waals surface area contributed by atoms with E-state index >= 15 is 0 Å². The van der Waals surface area contributed by atoms with Gasteiger partial charge < -0.3 is 14.6 Å². The molecular weight excluding hydrogens is 190 g/mol. The summed E-state index contributed by atoms with van der Waals surface area (Å²) in [6, 6.07) is 2.20. The summed E-state index contributed by atoms with van der Waals surface area (Å²) < 4.78 is 4.61. The molecule has 0 fully saturated rings. The average molecular weight is 195 g/mol. The molecule has 72 valence electrons. The Kier molecular flexibility index (Phi) is 1.57. The summed E-state index contributed by atoms with van der Waals surface area (Å²) in [6.45, 7) is 0. The minimum absolute atomic E-state index is 0.0207. The number of H-pyrrole nitrogens is 1. The molecule has 2 rings (SSSR count). The second-order valence-electron chi connectivity index (χ2n) is 2.69. The van der Waals surface area contributed by atoms with E-state index in [1.54, 1.807) is 0 Å². The van der Waals surface area contributed by atoms with E-state index in [1.165, 1.54) is 0 Å². The van der Waals surface area contributed by atoms with Gasteiger partial charge in [0.25, 0.3) is 0 Å². The van der Waals surface area contributed by atoms with Gasteiger partial charge in [-0.05, 0) is 12.1 Å². The standard InChI is InChI=1S/C8H5NO5/c10-4-1-3(7(11)12)2-5-6(4)9-8(13)14-5/h1-2,10H,(H,9,13)(H,11,12). The van der Waals surface area contributed by atoms with Crippen LogP contribution in [0.15, 0.2) is 21.3 Å². The molecule has 0 unspecified atom stereocenters. The zero-order valence-corrected chi connectivity index (χ0v) is 6.77. The second kappa shape index (κ2) is 2.63. The number of hydrogen-bond donors (Lipinski definition) is 3. The quantitative estimate of drug-likeness (QED) is 0.615. The van der Waals surface area contributed by atoms with E-state index < -0.39 is 11.7 Å². The monoisotopic (exact) mass is 195 g/mol. The van der Waals surface area contributed by atoms with E-state index in [1.807, 2.05) is 0 Å². The molecular formula is C8H5NO5. The molecule has 0 radical (unpaired) electrons. The van der Waals surface area contributed by atoms with Gasteiger partial charge in [-0.1, -0.05) is 0 Å². The van der Waals surface area contributed by atoms with E-state index in [-0.39, 0.29) is 22.4 Å². The predicted molar refractivity (Wildman–Crippen MR) is 45.5 cm³/mol. The van der Waals surface area contributed by atoms with Gasteiger partial charge in [0.15, 0.2) is 5.58 Å². The van der Waals surface area contributed by atoms with Crippen LogP contribution >= 0.6 is 0 Å². The third kappa shape index (κ3) is 1.13. The molecule has 6 nitrogen and oxygen atoms in total. The van der Waals surface area contributed by atoms with Crippen LogP contribution in [0.1, 0.15) is 10.4 Å². The highest BCUT2D eigenvalue weighted by Gasteiger charge is 2.11. The van der Waals surface area contributed by atoms with Gasteiger partial charge in [0.2, 0.25) is 0 Å². The van der Waals surface area contributed by atoms with Crippen LogP contribution in [0.3, 0.4) is 0 Å². The van der Waals surface area contributed by atoms with Crippen molar-refractivity contribution in [3.05, 3.63) is 28.2 Å². The zero-order valence-electron chi connectivity index (χ0n) is 6.77. The van der Waals surface area contributed by atoms with Gasteiger partial charge in [0.1, 0.15) is 11.3 Å². The Bertz CT molecular complexity index is 565. The van der Waals surface area contributed by atoms with Crippen molar-refractivity contribution in [1.82, 2.24) is 4.98 Å². The minimum atomic E-state index is -1.20. The normalized spacial score (nSPS) is 10.6. The maximum absolute atomic E-state index is 10.7. The zero-order chi connectivity index (χ0) is 10.3. The molecule has 1 aromatic carbocycles. The van der Waals surface area contributed by atoms with Crippen LogP contribution in [-0.4, -0.2) is 21.2 Å². The summed E-state index contributed by atoms with van der Waals surface area (Å²) in [5.74, 6) is -2.27. The molecule has 0 saturated carbocycles. The molecule has 0 atom stereocenters. The summed E-state index contributed by atoms with van der Waals surface area (Å²) >= 11 is 0. The number of benzene rings is 1. The van der Waals surface area contributed by atoms with Gasteiger partial charge in [0, 0.05) is 0 Å². The fraction of sp³-hybridized carbons (Fsp3) is 0. The van der Waals surface area contributed by atoms with Gasteiger partial charge in [-0.2, -0.15) is 0 Å². The highest BCUT2D eigenvalue weighted by molar-refractivity contribution is 5.93. The van der Waals surface area contributed by atoms with Crippen LogP contribution in [0.25, 0.3) is 11.1 Å². The van der Waals surface area contributed by atoms with E-state index in [2.05, 4.69) is 9.40 Å². The first-order chi connectivity index (χ1) is 6.58. The molecule has 0 saturated heterocycles. The molecule has 1 aromatic heterocycles. The summed E-state index contributed by atoms with van der Waals surface area (Å²) in [4.78, 5) is 23.5. The first kappa shape index (κ1) is 8.36. The number of carboxylic acids is 1. The minimum Gasteiger partial charge on any atom is -0.506 e. The number of fused-ring (bicyclic) bond motifs is 1. The Morgan fingerprint density at radius 1 is 1.43 bits per heavy atom. The molecule has 2 aromatic rings. The van der Waals surface area contributed by atoms with E-state index in [0.717, 1.165) is 12.1 Å². The number of phenols is 1. The van der Waals surface area contributed by atoms with Crippen molar-refractivity contribution in [2.45, 2.75) is 0 Å². The number of carboxylic acid groups (broad SMARTS) is 1. The van der Waals surface area contributed by atoms with Crippen LogP contribution in [0.2, 0.25) is 0 Å². The van der Waals surface area contributed by atoms with E-state index in [9.17, 15) is 14.7 Å². The molecule has 0 aliphatic carbocycles. The number of aromatic carboxylic acids is 1. The maximum atomic E-state index is 10.7. The van der Waals surface area contributed by atoms with Crippen molar-refractivity contribution < 1.29 is 19.4 Å². The molecule has 0 aliphatic rings. The Morgan fingerprint density at radius 3 is 2.79 bits per heavy atom. The number of aromatic nitrogens is 1. The van der Waals surface area contributed by atoms with Crippen LogP contribution in [0.4, 0.5) is 0 Å². The van der Waals surface area contributed by atoms with Crippen molar-refractivity contribution >= 4 is 17.1 Å². The summed E-state index contributed by atoms with van der Waals surface area (Å²) in [6.07, 6.45) is 0. The predicted octanol–water partition coefficient (Wildman–Crippen LogP) is 0.525. The van der Waals surface area contributed by atoms with Crippen molar-refractivity contribution in [1.29, 1.82) is 0 Å².